The molecule has 37 heavy (non-hydrogen) atoms. The Bertz CT molecular complexity index is 1670. The summed E-state index contributed by atoms with van der Waals surface area (Å²) in [5, 5.41) is 9.88. The smallest absolute Gasteiger partial charge is 0.338 e. The number of ether oxygens (including phenoxy) is 2. The van der Waals surface area contributed by atoms with Gasteiger partial charge in [-0.15, -0.1) is 0 Å². The van der Waals surface area contributed by atoms with Gasteiger partial charge in [-0.25, -0.2) is 9.79 Å². The molecule has 1 aromatic heterocycles. The zero-order valence-corrected chi connectivity index (χ0v) is 21.1. The van der Waals surface area contributed by atoms with Crippen molar-refractivity contribution < 1.29 is 19.4 Å². The van der Waals surface area contributed by atoms with Crippen molar-refractivity contribution in [1.82, 2.24) is 4.57 Å². The molecule has 0 amide bonds. The first-order valence-corrected chi connectivity index (χ1v) is 12.5. The Labute approximate surface area is 216 Å². The van der Waals surface area contributed by atoms with E-state index in [-0.39, 0.29) is 23.5 Å². The fraction of sp³-hybridized carbons (Fsp3) is 0.138. The fourth-order valence-electron chi connectivity index (χ4n) is 4.31. The molecule has 3 aromatic carbocycles. The molecule has 1 atom stereocenters. The van der Waals surface area contributed by atoms with Gasteiger partial charge < -0.3 is 14.6 Å². The first-order valence-electron chi connectivity index (χ1n) is 11.7. The Balaban J connectivity index is 1.82. The molecule has 1 aliphatic heterocycles. The van der Waals surface area contributed by atoms with E-state index >= 15 is 0 Å². The zero-order valence-electron chi connectivity index (χ0n) is 20.3. The lowest BCUT2D eigenvalue weighted by molar-refractivity contribution is -0.138. The van der Waals surface area contributed by atoms with Crippen LogP contribution in [0.1, 0.15) is 29.7 Å². The van der Waals surface area contributed by atoms with E-state index in [4.69, 9.17) is 14.5 Å². The number of carbonyl (C=O) groups excluding carboxylic acids is 1. The maximum absolute atomic E-state index is 13.8. The van der Waals surface area contributed by atoms with Gasteiger partial charge >= 0.3 is 5.97 Å². The van der Waals surface area contributed by atoms with Crippen molar-refractivity contribution in [1.29, 1.82) is 0 Å². The predicted molar refractivity (Wildman–Crippen MR) is 142 cm³/mol. The van der Waals surface area contributed by atoms with Crippen LogP contribution in [0, 0.1) is 0 Å². The van der Waals surface area contributed by atoms with Gasteiger partial charge in [-0.2, -0.15) is 0 Å². The molecule has 0 fully saturated rings. The number of benzene rings is 3. The van der Waals surface area contributed by atoms with Gasteiger partial charge in [0, 0.05) is 5.56 Å². The van der Waals surface area contributed by atoms with Crippen molar-refractivity contribution in [3.05, 3.63) is 121 Å². The van der Waals surface area contributed by atoms with E-state index in [0.29, 0.717) is 26.3 Å². The Kier molecular flexibility index (Phi) is 6.74. The normalized spacial score (nSPS) is 15.2. The molecular weight excluding hydrogens is 488 g/mol. The summed E-state index contributed by atoms with van der Waals surface area (Å²) in [5.74, 6) is 0.228. The van der Waals surface area contributed by atoms with Crippen LogP contribution in [-0.2, 0) is 9.53 Å². The number of esters is 1. The molecule has 2 heterocycles. The van der Waals surface area contributed by atoms with Gasteiger partial charge in [0.2, 0.25) is 0 Å². The van der Waals surface area contributed by atoms with Gasteiger partial charge in [-0.3, -0.25) is 9.36 Å². The molecule has 0 saturated heterocycles. The van der Waals surface area contributed by atoms with Crippen molar-refractivity contribution in [2.75, 3.05) is 13.7 Å². The fourth-order valence-corrected chi connectivity index (χ4v) is 5.31. The quantitative estimate of drug-likeness (QED) is 0.399. The third-order valence-electron chi connectivity index (χ3n) is 5.97. The molecule has 0 aliphatic carbocycles. The van der Waals surface area contributed by atoms with E-state index in [9.17, 15) is 14.7 Å². The molecule has 8 heteroatoms. The van der Waals surface area contributed by atoms with Crippen LogP contribution in [-0.4, -0.2) is 29.4 Å². The zero-order chi connectivity index (χ0) is 25.9. The molecule has 0 radical (unpaired) electrons. The van der Waals surface area contributed by atoms with Crippen LogP contribution in [0.2, 0.25) is 0 Å². The van der Waals surface area contributed by atoms with E-state index in [1.807, 2.05) is 42.5 Å². The molecular formula is C29H24N2O5S. The van der Waals surface area contributed by atoms with Crippen molar-refractivity contribution in [3.63, 3.8) is 0 Å². The number of thiazole rings is 1. The van der Waals surface area contributed by atoms with Crippen molar-refractivity contribution >= 4 is 29.1 Å². The van der Waals surface area contributed by atoms with Crippen LogP contribution in [0.25, 0.3) is 11.8 Å². The summed E-state index contributed by atoms with van der Waals surface area (Å²) in [6, 6.07) is 22.6. The number of nitrogens with zero attached hydrogens (tertiary/aromatic N) is 2. The van der Waals surface area contributed by atoms with Crippen LogP contribution >= 0.6 is 11.3 Å². The minimum atomic E-state index is -0.761. The molecule has 0 spiro atoms. The molecule has 0 saturated carbocycles. The monoisotopic (exact) mass is 512 g/mol. The number of aromatic hydroxyl groups is 1. The van der Waals surface area contributed by atoms with Crippen molar-refractivity contribution in [2.45, 2.75) is 13.0 Å². The van der Waals surface area contributed by atoms with E-state index in [1.54, 1.807) is 61.1 Å². The maximum atomic E-state index is 13.8. The van der Waals surface area contributed by atoms with Crippen LogP contribution in [0.4, 0.5) is 0 Å². The second kappa shape index (κ2) is 10.3. The van der Waals surface area contributed by atoms with Gasteiger partial charge in [0.1, 0.15) is 11.5 Å². The van der Waals surface area contributed by atoms with Crippen LogP contribution in [0.5, 0.6) is 11.5 Å². The van der Waals surface area contributed by atoms with Gasteiger partial charge in [-0.05, 0) is 48.4 Å². The third kappa shape index (κ3) is 4.71. The number of phenolic OH excluding ortho intramolecular Hbond substituents is 1. The number of hydrogen-bond acceptors (Lipinski definition) is 7. The molecule has 1 N–H and O–H groups in total. The Morgan fingerprint density at radius 1 is 1.08 bits per heavy atom. The maximum Gasteiger partial charge on any atom is 0.338 e. The number of phenols is 1. The molecule has 5 rings (SSSR count). The average molecular weight is 513 g/mol. The van der Waals surface area contributed by atoms with Crippen molar-refractivity contribution in [2.24, 2.45) is 4.99 Å². The number of aromatic nitrogens is 1. The second-order valence-electron chi connectivity index (χ2n) is 8.30. The van der Waals surface area contributed by atoms with E-state index in [0.717, 1.165) is 11.1 Å². The topological polar surface area (TPSA) is 90.1 Å². The number of hydrogen-bond donors (Lipinski definition) is 1. The minimum Gasteiger partial charge on any atom is -0.508 e. The highest BCUT2D eigenvalue weighted by atomic mass is 32.1. The summed E-state index contributed by atoms with van der Waals surface area (Å²) in [4.78, 5) is 32.5. The second-order valence-corrected chi connectivity index (χ2v) is 9.31. The molecule has 1 aliphatic rings. The Morgan fingerprint density at radius 3 is 2.51 bits per heavy atom. The molecule has 0 bridgehead atoms. The van der Waals surface area contributed by atoms with Crippen LogP contribution < -0.4 is 19.6 Å². The van der Waals surface area contributed by atoms with E-state index < -0.39 is 12.0 Å². The largest absolute Gasteiger partial charge is 0.508 e. The molecule has 4 aromatic rings. The van der Waals surface area contributed by atoms with Crippen LogP contribution in [0.15, 0.2) is 94.2 Å². The lowest BCUT2D eigenvalue weighted by Gasteiger charge is -2.26. The Hall–Kier alpha value is -4.43. The predicted octanol–water partition coefficient (Wildman–Crippen LogP) is 3.65. The Morgan fingerprint density at radius 2 is 1.84 bits per heavy atom. The average Bonchev–Trinajstić information content (AvgIpc) is 3.22. The highest BCUT2D eigenvalue weighted by Crippen LogP contribution is 2.35. The highest BCUT2D eigenvalue weighted by Gasteiger charge is 2.35. The lowest BCUT2D eigenvalue weighted by atomic mass is 9.93. The molecule has 7 nitrogen and oxygen atoms in total. The van der Waals surface area contributed by atoms with Gasteiger partial charge in [0.25, 0.3) is 5.56 Å². The van der Waals surface area contributed by atoms with Gasteiger partial charge in [-0.1, -0.05) is 65.9 Å². The number of rotatable bonds is 6. The van der Waals surface area contributed by atoms with Crippen LogP contribution in [0.3, 0.4) is 0 Å². The first-order chi connectivity index (χ1) is 18.0. The number of methoxy groups -OCH3 is 1. The minimum absolute atomic E-state index is 0.105. The van der Waals surface area contributed by atoms with E-state index in [2.05, 4.69) is 0 Å². The first kappa shape index (κ1) is 24.3. The van der Waals surface area contributed by atoms with Gasteiger partial charge in [0.05, 0.1) is 35.6 Å². The summed E-state index contributed by atoms with van der Waals surface area (Å²) in [6.07, 6.45) is 1.71. The molecule has 186 valence electrons. The van der Waals surface area contributed by atoms with E-state index in [1.165, 1.54) is 11.3 Å². The lowest BCUT2D eigenvalue weighted by Crippen LogP contribution is -2.40. The van der Waals surface area contributed by atoms with Crippen molar-refractivity contribution in [3.8, 4) is 11.5 Å². The summed E-state index contributed by atoms with van der Waals surface area (Å²) < 4.78 is 12.8. The molecule has 1 unspecified atom stereocenters. The third-order valence-corrected chi connectivity index (χ3v) is 6.96. The standard InChI is InChI=1S/C29H24N2O5S/c1-3-36-28(34)24-25(19-9-5-4-6-10-19)30-29-31(26(24)20-12-14-22(35-2)15-13-20)27(33)23(37-29)17-18-8-7-11-21(32)16-18/h4-17,26,32H,3H2,1-2H3/b23-17-. The SMILES string of the molecule is CCOC(=O)C1=C(c2ccccc2)N=c2s/c(=C\c3cccc(O)c3)c(=O)n2C1c1ccc(OC)cc1. The summed E-state index contributed by atoms with van der Waals surface area (Å²) in [6.45, 7) is 1.93. The number of fused-ring (bicyclic) bond motifs is 1. The highest BCUT2D eigenvalue weighted by molar-refractivity contribution is 7.07. The summed E-state index contributed by atoms with van der Waals surface area (Å²) in [7, 11) is 1.58. The number of carbonyl (C=O) groups is 1. The van der Waals surface area contributed by atoms with Gasteiger partial charge in [0.15, 0.2) is 4.80 Å². The summed E-state index contributed by atoms with van der Waals surface area (Å²) in [5.41, 5.74) is 2.60. The summed E-state index contributed by atoms with van der Waals surface area (Å²) >= 11 is 1.23.